The molecular formula is C12H10BrFN2. The summed E-state index contributed by atoms with van der Waals surface area (Å²) in [6.45, 7) is 0. The fourth-order valence-corrected chi connectivity index (χ4v) is 2.46. The number of benzene rings is 1. The smallest absolute Gasteiger partial charge is 0.149 e. The van der Waals surface area contributed by atoms with Crippen molar-refractivity contribution < 1.29 is 4.39 Å². The molecule has 1 saturated carbocycles. The maximum Gasteiger partial charge on any atom is 0.149 e. The second-order valence-corrected chi connectivity index (χ2v) is 5.02. The predicted molar refractivity (Wildman–Crippen MR) is 65.8 cm³/mol. The predicted octanol–water partition coefficient (Wildman–Crippen LogP) is 3.60. The molecule has 1 aromatic heterocycles. The molecule has 0 aliphatic heterocycles. The highest BCUT2D eigenvalue weighted by atomic mass is 79.9. The molecule has 2 aromatic rings. The molecule has 82 valence electrons. The Morgan fingerprint density at radius 1 is 1.38 bits per heavy atom. The van der Waals surface area contributed by atoms with Crippen molar-refractivity contribution in [3.8, 4) is 0 Å². The minimum Gasteiger partial charge on any atom is -0.398 e. The minimum absolute atomic E-state index is 0.313. The van der Waals surface area contributed by atoms with Crippen molar-refractivity contribution in [1.29, 1.82) is 0 Å². The number of anilines is 1. The van der Waals surface area contributed by atoms with Gasteiger partial charge in [0.15, 0.2) is 0 Å². The van der Waals surface area contributed by atoms with Gasteiger partial charge >= 0.3 is 0 Å². The van der Waals surface area contributed by atoms with Gasteiger partial charge in [0, 0.05) is 27.2 Å². The minimum atomic E-state index is -0.313. The molecule has 0 bridgehead atoms. The van der Waals surface area contributed by atoms with Crippen LogP contribution in [0.3, 0.4) is 0 Å². The summed E-state index contributed by atoms with van der Waals surface area (Å²) < 4.78 is 14.5. The summed E-state index contributed by atoms with van der Waals surface area (Å²) in [6, 6.07) is 4.94. The summed E-state index contributed by atoms with van der Waals surface area (Å²) in [5.41, 5.74) is 7.84. The first-order valence-electron chi connectivity index (χ1n) is 5.21. The number of halogens is 2. The second kappa shape index (κ2) is 3.42. The Labute approximate surface area is 101 Å². The third-order valence-corrected chi connectivity index (χ3v) is 3.57. The molecule has 1 heterocycles. The number of nitrogens with zero attached hydrogens (tertiary/aromatic N) is 1. The molecule has 4 heteroatoms. The molecule has 0 spiro atoms. The maximum absolute atomic E-state index is 13.7. The molecule has 0 unspecified atom stereocenters. The lowest BCUT2D eigenvalue weighted by molar-refractivity contribution is 0.636. The van der Waals surface area contributed by atoms with Crippen LogP contribution in [0.15, 0.2) is 22.7 Å². The summed E-state index contributed by atoms with van der Waals surface area (Å²) in [5, 5.41) is 0.671. The van der Waals surface area contributed by atoms with Crippen molar-refractivity contribution in [3.05, 3.63) is 34.2 Å². The topological polar surface area (TPSA) is 38.9 Å². The Bertz CT molecular complexity index is 579. The Balaban J connectivity index is 2.36. The number of nitrogens with two attached hydrogens (primary N) is 1. The Morgan fingerprint density at radius 3 is 2.81 bits per heavy atom. The van der Waals surface area contributed by atoms with Crippen molar-refractivity contribution in [3.63, 3.8) is 0 Å². The number of aromatic nitrogens is 1. The molecule has 16 heavy (non-hydrogen) atoms. The molecule has 0 atom stereocenters. The molecule has 1 aliphatic rings. The Kier molecular flexibility index (Phi) is 2.14. The zero-order valence-corrected chi connectivity index (χ0v) is 10.1. The quantitative estimate of drug-likeness (QED) is 0.867. The van der Waals surface area contributed by atoms with Gasteiger partial charge in [-0.3, -0.25) is 0 Å². The Hall–Kier alpha value is -1.16. The van der Waals surface area contributed by atoms with Gasteiger partial charge in [-0.05, 0) is 31.0 Å². The van der Waals surface area contributed by atoms with E-state index in [1.54, 1.807) is 6.07 Å². The van der Waals surface area contributed by atoms with Gasteiger partial charge in [0.1, 0.15) is 11.3 Å². The van der Waals surface area contributed by atoms with E-state index in [-0.39, 0.29) is 5.82 Å². The second-order valence-electron chi connectivity index (χ2n) is 4.16. The van der Waals surface area contributed by atoms with E-state index in [0.717, 1.165) is 23.0 Å². The highest BCUT2D eigenvalue weighted by Gasteiger charge is 2.26. The van der Waals surface area contributed by atoms with Crippen molar-refractivity contribution >= 4 is 32.5 Å². The van der Waals surface area contributed by atoms with Gasteiger partial charge in [0.25, 0.3) is 0 Å². The highest BCUT2D eigenvalue weighted by Crippen LogP contribution is 2.41. The lowest BCUT2D eigenvalue weighted by Gasteiger charge is -2.07. The molecule has 0 saturated heterocycles. The van der Waals surface area contributed by atoms with Crippen molar-refractivity contribution in [2.75, 3.05) is 5.73 Å². The van der Waals surface area contributed by atoms with Crippen LogP contribution < -0.4 is 5.73 Å². The fraction of sp³-hybridized carbons (Fsp3) is 0.250. The number of pyridine rings is 1. The molecular weight excluding hydrogens is 271 g/mol. The van der Waals surface area contributed by atoms with E-state index in [2.05, 4.69) is 20.9 Å². The van der Waals surface area contributed by atoms with Crippen LogP contribution >= 0.6 is 15.9 Å². The largest absolute Gasteiger partial charge is 0.398 e. The third kappa shape index (κ3) is 1.48. The van der Waals surface area contributed by atoms with Gasteiger partial charge in [-0.25, -0.2) is 9.37 Å². The number of hydrogen-bond acceptors (Lipinski definition) is 2. The van der Waals surface area contributed by atoms with E-state index in [4.69, 9.17) is 5.73 Å². The van der Waals surface area contributed by atoms with E-state index in [1.807, 2.05) is 6.07 Å². The highest BCUT2D eigenvalue weighted by molar-refractivity contribution is 9.10. The van der Waals surface area contributed by atoms with Crippen molar-refractivity contribution in [2.45, 2.75) is 18.8 Å². The normalized spacial score (nSPS) is 15.6. The number of nitrogen functional groups attached to an aromatic ring is 1. The summed E-state index contributed by atoms with van der Waals surface area (Å²) >= 11 is 3.37. The summed E-state index contributed by atoms with van der Waals surface area (Å²) in [5.74, 6) is 0.164. The number of hydrogen-bond donors (Lipinski definition) is 1. The molecule has 1 aromatic carbocycles. The van der Waals surface area contributed by atoms with Crippen LogP contribution in [-0.4, -0.2) is 4.98 Å². The summed E-state index contributed by atoms with van der Waals surface area (Å²) in [4.78, 5) is 4.37. The van der Waals surface area contributed by atoms with Crippen LogP contribution in [0.1, 0.15) is 24.5 Å². The van der Waals surface area contributed by atoms with E-state index in [1.165, 1.54) is 6.07 Å². The van der Waals surface area contributed by atoms with E-state index < -0.39 is 0 Å². The average Bonchev–Trinajstić information content (AvgIpc) is 3.06. The summed E-state index contributed by atoms with van der Waals surface area (Å²) in [6.07, 6.45) is 2.27. The molecule has 3 rings (SSSR count). The lowest BCUT2D eigenvalue weighted by Crippen LogP contribution is -1.97. The van der Waals surface area contributed by atoms with E-state index in [9.17, 15) is 4.39 Å². The van der Waals surface area contributed by atoms with Crippen molar-refractivity contribution in [1.82, 2.24) is 4.98 Å². The summed E-state index contributed by atoms with van der Waals surface area (Å²) in [7, 11) is 0. The molecule has 0 radical (unpaired) electrons. The van der Waals surface area contributed by atoms with Gasteiger partial charge in [-0.1, -0.05) is 15.9 Å². The molecule has 1 fully saturated rings. The van der Waals surface area contributed by atoms with Gasteiger partial charge in [0.05, 0.1) is 0 Å². The van der Waals surface area contributed by atoms with Gasteiger partial charge in [-0.2, -0.15) is 0 Å². The Morgan fingerprint density at radius 2 is 2.12 bits per heavy atom. The molecule has 2 N–H and O–H groups in total. The van der Waals surface area contributed by atoms with Crippen LogP contribution in [0.4, 0.5) is 10.1 Å². The maximum atomic E-state index is 13.7. The SMILES string of the molecule is Nc1cc(C2CC2)nc2c(F)ccc(Br)c12. The van der Waals surface area contributed by atoms with Crippen LogP contribution in [-0.2, 0) is 0 Å². The van der Waals surface area contributed by atoms with Crippen molar-refractivity contribution in [2.24, 2.45) is 0 Å². The first kappa shape index (κ1) is 10.0. The van der Waals surface area contributed by atoms with Gasteiger partial charge < -0.3 is 5.73 Å². The molecule has 2 nitrogen and oxygen atoms in total. The van der Waals surface area contributed by atoms with Gasteiger partial charge in [-0.15, -0.1) is 0 Å². The fourth-order valence-electron chi connectivity index (χ4n) is 1.91. The standard InChI is InChI=1S/C12H10BrFN2/c13-7-3-4-8(14)12-11(7)9(15)5-10(16-12)6-1-2-6/h3-6H,1-2H2,(H2,15,16). The first-order chi connectivity index (χ1) is 7.66. The average molecular weight is 281 g/mol. The lowest BCUT2D eigenvalue weighted by atomic mass is 10.1. The monoisotopic (exact) mass is 280 g/mol. The van der Waals surface area contributed by atoms with Crippen LogP contribution in [0.2, 0.25) is 0 Å². The van der Waals surface area contributed by atoms with E-state index in [0.29, 0.717) is 22.5 Å². The number of fused-ring (bicyclic) bond motifs is 1. The molecule has 0 amide bonds. The van der Waals surface area contributed by atoms with Gasteiger partial charge in [0.2, 0.25) is 0 Å². The van der Waals surface area contributed by atoms with E-state index >= 15 is 0 Å². The molecule has 1 aliphatic carbocycles. The first-order valence-corrected chi connectivity index (χ1v) is 6.00. The van der Waals surface area contributed by atoms with Crippen LogP contribution in [0, 0.1) is 5.82 Å². The zero-order valence-electron chi connectivity index (χ0n) is 8.50. The van der Waals surface area contributed by atoms with Crippen LogP contribution in [0.25, 0.3) is 10.9 Å². The third-order valence-electron chi connectivity index (χ3n) is 2.91. The number of rotatable bonds is 1. The van der Waals surface area contributed by atoms with Crippen LogP contribution in [0.5, 0.6) is 0 Å². The zero-order chi connectivity index (χ0) is 11.3.